The van der Waals surface area contributed by atoms with Crippen LogP contribution in [-0.4, -0.2) is 0 Å². The molecule has 0 saturated heterocycles. The summed E-state index contributed by atoms with van der Waals surface area (Å²) in [7, 11) is 0. The second-order valence-corrected chi connectivity index (χ2v) is 18.6. The van der Waals surface area contributed by atoms with Crippen LogP contribution in [0.3, 0.4) is 0 Å². The Balaban J connectivity index is 0.884. The summed E-state index contributed by atoms with van der Waals surface area (Å²) in [5.41, 5.74) is 15.8. The molecule has 324 valence electrons. The van der Waals surface area contributed by atoms with Crippen molar-refractivity contribution in [2.24, 2.45) is 0 Å². The van der Waals surface area contributed by atoms with Crippen molar-refractivity contribution in [2.75, 3.05) is 0 Å². The van der Waals surface area contributed by atoms with Gasteiger partial charge in [-0.25, -0.2) is 0 Å². The third-order valence-electron chi connectivity index (χ3n) is 14.7. The van der Waals surface area contributed by atoms with Crippen molar-refractivity contribution in [1.82, 2.24) is 0 Å². The zero-order valence-corrected chi connectivity index (χ0v) is 38.1. The molecule has 2 nitrogen and oxygen atoms in total. The molecule has 0 amide bonds. The predicted octanol–water partition coefficient (Wildman–Crippen LogP) is 14.3. The molecule has 0 radical (unpaired) electrons. The van der Waals surface area contributed by atoms with Crippen molar-refractivity contribution >= 4 is 55.1 Å². The Kier molecular flexibility index (Phi) is 8.97. The Bertz CT molecular complexity index is 4200. The van der Waals surface area contributed by atoms with Gasteiger partial charge in [0.15, 0.2) is 0 Å². The van der Waals surface area contributed by atoms with Gasteiger partial charge in [-0.2, -0.15) is 0 Å². The number of hydrogen-bond donors (Lipinski definition) is 0. The molecule has 69 heavy (non-hydrogen) atoms. The fraction of sp³-hybridized carbons (Fsp3) is 0.0448. The summed E-state index contributed by atoms with van der Waals surface area (Å²) >= 11 is 0. The van der Waals surface area contributed by atoms with Crippen LogP contribution in [0.15, 0.2) is 218 Å². The van der Waals surface area contributed by atoms with Crippen LogP contribution in [0.25, 0.3) is 77.4 Å². The standard InChI is InChI=1S/C67H44O2/c1-41-15-5-9-21-49(41)63(44-17-3-2-4-18-44)50-22-10-8-20-46(50)37-42-27-31-51-57-33-34-58-52-32-30-48(40-62(52)69-60-36-35-59(66(57)67(58)60)68-61(51)38-42)65-55-25-13-11-23-53(55)64(54-24-12-14-26-56(54)65)47-29-28-43-16-6-7-19-45(43)39-47/h2-32,35-40H,33-34H2,1H3/b46-37+,63-50-. The maximum atomic E-state index is 6.99. The van der Waals surface area contributed by atoms with Crippen LogP contribution in [0.2, 0.25) is 0 Å². The van der Waals surface area contributed by atoms with E-state index in [9.17, 15) is 0 Å². The first-order chi connectivity index (χ1) is 34.1. The van der Waals surface area contributed by atoms with E-state index in [4.69, 9.17) is 9.47 Å². The Hall–Kier alpha value is -8.72. The summed E-state index contributed by atoms with van der Waals surface area (Å²) in [5.74, 6) is 3.57. The van der Waals surface area contributed by atoms with Crippen molar-refractivity contribution in [3.05, 3.63) is 273 Å². The van der Waals surface area contributed by atoms with Gasteiger partial charge in [-0.15, -0.1) is 0 Å². The minimum absolute atomic E-state index is 0.887. The van der Waals surface area contributed by atoms with Crippen LogP contribution < -0.4 is 30.3 Å². The monoisotopic (exact) mass is 880 g/mol. The van der Waals surface area contributed by atoms with E-state index < -0.39 is 0 Å². The van der Waals surface area contributed by atoms with Crippen LogP contribution in [0.1, 0.15) is 46.2 Å². The fourth-order valence-corrected chi connectivity index (χ4v) is 11.6. The fourth-order valence-electron chi connectivity index (χ4n) is 11.6. The smallest absolute Gasteiger partial charge is 0.135 e. The van der Waals surface area contributed by atoms with Crippen molar-refractivity contribution in [2.45, 2.75) is 19.8 Å². The highest BCUT2D eigenvalue weighted by Gasteiger charge is 2.30. The summed E-state index contributed by atoms with van der Waals surface area (Å²) < 4.78 is 13.9. The first kappa shape index (κ1) is 39.4. The molecule has 2 heterocycles. The van der Waals surface area contributed by atoms with Crippen molar-refractivity contribution in [3.8, 4) is 45.3 Å². The summed E-state index contributed by atoms with van der Waals surface area (Å²) in [5, 5.41) is 12.1. The molecule has 2 aliphatic heterocycles. The van der Waals surface area contributed by atoms with E-state index in [1.807, 2.05) is 0 Å². The number of hydrogen-bond acceptors (Lipinski definition) is 2. The summed E-state index contributed by atoms with van der Waals surface area (Å²) in [6.07, 6.45) is 4.13. The van der Waals surface area contributed by atoms with Gasteiger partial charge in [0.2, 0.25) is 0 Å². The highest BCUT2D eigenvalue weighted by atomic mass is 16.5. The third-order valence-corrected chi connectivity index (χ3v) is 14.7. The van der Waals surface area contributed by atoms with Gasteiger partial charge in [0, 0.05) is 21.6 Å². The molecule has 3 aliphatic rings. The molecular weight excluding hydrogens is 837 g/mol. The quantitative estimate of drug-likeness (QED) is 0.160. The average molecular weight is 881 g/mol. The van der Waals surface area contributed by atoms with Crippen molar-refractivity contribution in [1.29, 1.82) is 0 Å². The molecule has 14 rings (SSSR count). The average Bonchev–Trinajstić information content (AvgIpc) is 3.40. The Morgan fingerprint density at radius 1 is 0.420 bits per heavy atom. The normalized spacial score (nSPS) is 14.0. The summed E-state index contributed by atoms with van der Waals surface area (Å²) in [6.45, 7) is 2.20. The number of fused-ring (bicyclic) bond motifs is 7. The lowest BCUT2D eigenvalue weighted by atomic mass is 9.82. The largest absolute Gasteiger partial charge is 0.456 e. The van der Waals surface area contributed by atoms with Crippen LogP contribution in [0.4, 0.5) is 0 Å². The maximum Gasteiger partial charge on any atom is 0.135 e. The van der Waals surface area contributed by atoms with Crippen LogP contribution in [0, 0.1) is 6.92 Å². The number of ether oxygens (including phenoxy) is 2. The van der Waals surface area contributed by atoms with Crippen LogP contribution in [0.5, 0.6) is 23.0 Å². The molecule has 0 fully saturated rings. The Morgan fingerprint density at radius 2 is 0.957 bits per heavy atom. The first-order valence-corrected chi connectivity index (χ1v) is 24.0. The van der Waals surface area contributed by atoms with Crippen molar-refractivity contribution < 1.29 is 9.47 Å². The van der Waals surface area contributed by atoms with E-state index in [-0.39, 0.29) is 0 Å². The lowest BCUT2D eigenvalue weighted by molar-refractivity contribution is 0.451. The minimum Gasteiger partial charge on any atom is -0.456 e. The molecule has 1 aliphatic carbocycles. The Labute approximate surface area is 400 Å². The van der Waals surface area contributed by atoms with Gasteiger partial charge in [0.25, 0.3) is 0 Å². The first-order valence-electron chi connectivity index (χ1n) is 24.0. The lowest BCUT2D eigenvalue weighted by Gasteiger charge is -2.29. The molecule has 2 heteroatoms. The summed E-state index contributed by atoms with van der Waals surface area (Å²) in [6, 6.07) is 79.2. The SMILES string of the molecule is Cc1ccccc1/C(c1ccccc1)=c1/cccc/c1=C\c1ccc2c(c1)Oc1ccc3c4c1=C2CCC=4c1ccc(-c2c4ccccc4c(-c4ccc5ccccc5c4)c4ccccc24)cc1O3. The molecule has 0 spiro atoms. The van der Waals surface area contributed by atoms with E-state index in [2.05, 4.69) is 231 Å². The van der Waals surface area contributed by atoms with E-state index in [0.29, 0.717) is 0 Å². The van der Waals surface area contributed by atoms with Gasteiger partial charge in [0.05, 0.1) is 0 Å². The molecule has 0 unspecified atom stereocenters. The van der Waals surface area contributed by atoms with E-state index >= 15 is 0 Å². The zero-order valence-electron chi connectivity index (χ0n) is 38.1. The van der Waals surface area contributed by atoms with Gasteiger partial charge < -0.3 is 9.47 Å². The lowest BCUT2D eigenvalue weighted by Crippen LogP contribution is -2.38. The second kappa shape index (κ2) is 15.7. The van der Waals surface area contributed by atoms with Crippen molar-refractivity contribution in [3.63, 3.8) is 0 Å². The maximum absolute atomic E-state index is 6.99. The van der Waals surface area contributed by atoms with Gasteiger partial charge in [-0.1, -0.05) is 188 Å². The van der Waals surface area contributed by atoms with Gasteiger partial charge in [-0.05, 0) is 160 Å². The number of rotatable bonds is 5. The molecule has 11 aromatic carbocycles. The van der Waals surface area contributed by atoms with Crippen LogP contribution >= 0.6 is 0 Å². The van der Waals surface area contributed by atoms with Gasteiger partial charge in [0.1, 0.15) is 23.0 Å². The second-order valence-electron chi connectivity index (χ2n) is 18.6. The van der Waals surface area contributed by atoms with E-state index in [1.165, 1.54) is 98.1 Å². The highest BCUT2D eigenvalue weighted by Crippen LogP contribution is 2.47. The van der Waals surface area contributed by atoms with E-state index in [0.717, 1.165) is 63.3 Å². The number of aryl methyl sites for hydroxylation is 1. The number of benzene rings is 11. The molecule has 0 N–H and O–H groups in total. The summed E-state index contributed by atoms with van der Waals surface area (Å²) in [4.78, 5) is 0. The molecule has 0 atom stereocenters. The third kappa shape index (κ3) is 6.33. The molecule has 0 saturated carbocycles. The highest BCUT2D eigenvalue weighted by molar-refractivity contribution is 6.22. The molecule has 0 bridgehead atoms. The van der Waals surface area contributed by atoms with E-state index in [1.54, 1.807) is 0 Å². The molecular formula is C67H44O2. The predicted molar refractivity (Wildman–Crippen MR) is 285 cm³/mol. The molecule has 11 aromatic rings. The van der Waals surface area contributed by atoms with Gasteiger partial charge in [-0.3, -0.25) is 0 Å². The topological polar surface area (TPSA) is 18.5 Å². The van der Waals surface area contributed by atoms with Gasteiger partial charge >= 0.3 is 0 Å². The minimum atomic E-state index is 0.887. The van der Waals surface area contributed by atoms with Crippen LogP contribution in [-0.2, 0) is 0 Å². The molecule has 0 aromatic heterocycles. The Morgan fingerprint density at radius 3 is 1.64 bits per heavy atom. The zero-order chi connectivity index (χ0) is 45.6.